The van der Waals surface area contributed by atoms with Crippen LogP contribution in [-0.2, 0) is 6.42 Å². The number of hydrogen-bond donors (Lipinski definition) is 1. The van der Waals surface area contributed by atoms with Gasteiger partial charge in [-0.3, -0.25) is 0 Å². The Hall–Kier alpha value is -1.12. The fourth-order valence-corrected chi connectivity index (χ4v) is 2.81. The first-order chi connectivity index (χ1) is 8.09. The first-order valence-electron chi connectivity index (χ1n) is 5.91. The summed E-state index contributed by atoms with van der Waals surface area (Å²) in [7, 11) is 0. The summed E-state index contributed by atoms with van der Waals surface area (Å²) in [4.78, 5) is 0. The molecule has 0 aliphatic carbocycles. The van der Waals surface area contributed by atoms with Crippen LogP contribution in [0.3, 0.4) is 0 Å². The number of rotatable bonds is 4. The summed E-state index contributed by atoms with van der Waals surface area (Å²) in [6.45, 7) is 4.48. The summed E-state index contributed by atoms with van der Waals surface area (Å²) >= 11 is 1.75. The Morgan fingerprint density at radius 2 is 1.88 bits per heavy atom. The maximum absolute atomic E-state index is 6.39. The van der Waals surface area contributed by atoms with Crippen molar-refractivity contribution in [2.75, 3.05) is 0 Å². The highest BCUT2D eigenvalue weighted by atomic mass is 32.1. The monoisotopic (exact) mass is 245 g/mol. The molecule has 90 valence electrons. The number of thiophene rings is 1. The SMILES string of the molecule is CC(C)(Cc1ccsc1)C(N)c1ccccc1. The van der Waals surface area contributed by atoms with Crippen molar-refractivity contribution >= 4 is 11.3 Å². The summed E-state index contributed by atoms with van der Waals surface area (Å²) in [5, 5.41) is 4.33. The Morgan fingerprint density at radius 1 is 1.18 bits per heavy atom. The standard InChI is InChI=1S/C15H19NS/c1-15(2,10-12-8-9-17-11-12)14(16)13-6-4-3-5-7-13/h3-9,11,14H,10,16H2,1-2H3. The third-order valence-electron chi connectivity index (χ3n) is 3.24. The molecule has 0 fully saturated rings. The van der Waals surface area contributed by atoms with E-state index >= 15 is 0 Å². The highest BCUT2D eigenvalue weighted by Crippen LogP contribution is 2.34. The molecule has 1 heterocycles. The van der Waals surface area contributed by atoms with Gasteiger partial charge in [0, 0.05) is 6.04 Å². The second kappa shape index (κ2) is 5.03. The molecule has 2 rings (SSSR count). The van der Waals surface area contributed by atoms with E-state index in [4.69, 9.17) is 5.73 Å². The highest BCUT2D eigenvalue weighted by Gasteiger charge is 2.27. The first-order valence-corrected chi connectivity index (χ1v) is 6.85. The van der Waals surface area contributed by atoms with Gasteiger partial charge in [0.1, 0.15) is 0 Å². The molecule has 0 radical (unpaired) electrons. The molecule has 1 atom stereocenters. The van der Waals surface area contributed by atoms with Gasteiger partial charge in [0.2, 0.25) is 0 Å². The minimum atomic E-state index is 0.0719. The van der Waals surface area contributed by atoms with Gasteiger partial charge in [-0.25, -0.2) is 0 Å². The van der Waals surface area contributed by atoms with E-state index in [1.165, 1.54) is 11.1 Å². The molecule has 0 amide bonds. The maximum atomic E-state index is 6.39. The van der Waals surface area contributed by atoms with E-state index in [0.29, 0.717) is 0 Å². The Labute approximate surface area is 107 Å². The summed E-state index contributed by atoms with van der Waals surface area (Å²) in [5.41, 5.74) is 9.06. The van der Waals surface area contributed by atoms with Crippen molar-refractivity contribution in [3.05, 3.63) is 58.3 Å². The van der Waals surface area contributed by atoms with E-state index in [-0.39, 0.29) is 11.5 Å². The van der Waals surface area contributed by atoms with Crippen LogP contribution >= 0.6 is 11.3 Å². The Morgan fingerprint density at radius 3 is 2.47 bits per heavy atom. The second-order valence-electron chi connectivity index (χ2n) is 5.19. The van der Waals surface area contributed by atoms with E-state index in [9.17, 15) is 0 Å². The topological polar surface area (TPSA) is 26.0 Å². The van der Waals surface area contributed by atoms with Crippen molar-refractivity contribution in [3.63, 3.8) is 0 Å². The van der Waals surface area contributed by atoms with Crippen molar-refractivity contribution in [3.8, 4) is 0 Å². The average molecular weight is 245 g/mol. The van der Waals surface area contributed by atoms with Gasteiger partial charge in [0.05, 0.1) is 0 Å². The van der Waals surface area contributed by atoms with Gasteiger partial charge in [0.15, 0.2) is 0 Å². The van der Waals surface area contributed by atoms with Gasteiger partial charge in [0.25, 0.3) is 0 Å². The zero-order valence-electron chi connectivity index (χ0n) is 10.4. The number of nitrogens with two attached hydrogens (primary N) is 1. The summed E-state index contributed by atoms with van der Waals surface area (Å²) in [5.74, 6) is 0. The predicted octanol–water partition coefficient (Wildman–Crippen LogP) is 4.02. The molecule has 1 nitrogen and oxygen atoms in total. The largest absolute Gasteiger partial charge is 0.323 e. The van der Waals surface area contributed by atoms with Crippen LogP contribution in [0, 0.1) is 5.41 Å². The molecule has 1 aromatic carbocycles. The molecule has 0 aliphatic heterocycles. The molecule has 1 aromatic heterocycles. The smallest absolute Gasteiger partial charge is 0.0349 e. The van der Waals surface area contributed by atoms with Crippen LogP contribution in [0.2, 0.25) is 0 Å². The Kier molecular flexibility index (Phi) is 3.65. The lowest BCUT2D eigenvalue weighted by Crippen LogP contribution is -2.31. The lowest BCUT2D eigenvalue weighted by atomic mass is 9.77. The van der Waals surface area contributed by atoms with Gasteiger partial charge in [-0.15, -0.1) is 0 Å². The van der Waals surface area contributed by atoms with Crippen molar-refractivity contribution in [2.45, 2.75) is 26.3 Å². The molecule has 0 saturated heterocycles. The van der Waals surface area contributed by atoms with E-state index in [0.717, 1.165) is 6.42 Å². The van der Waals surface area contributed by atoms with Gasteiger partial charge in [-0.1, -0.05) is 44.2 Å². The fraction of sp³-hybridized carbons (Fsp3) is 0.333. The third kappa shape index (κ3) is 2.96. The van der Waals surface area contributed by atoms with E-state index in [1.807, 2.05) is 6.07 Å². The molecule has 17 heavy (non-hydrogen) atoms. The maximum Gasteiger partial charge on any atom is 0.0349 e. The van der Waals surface area contributed by atoms with Crippen molar-refractivity contribution < 1.29 is 0 Å². The Balaban J connectivity index is 2.15. The fourth-order valence-electron chi connectivity index (χ4n) is 2.14. The molecule has 0 spiro atoms. The molecule has 0 aliphatic rings. The zero-order chi connectivity index (χ0) is 12.3. The lowest BCUT2D eigenvalue weighted by Gasteiger charge is -2.31. The highest BCUT2D eigenvalue weighted by molar-refractivity contribution is 7.07. The molecule has 2 N–H and O–H groups in total. The molecule has 2 aromatic rings. The normalized spacial score (nSPS) is 13.6. The van der Waals surface area contributed by atoms with Crippen LogP contribution in [-0.4, -0.2) is 0 Å². The van der Waals surface area contributed by atoms with Gasteiger partial charge in [-0.05, 0) is 39.8 Å². The van der Waals surface area contributed by atoms with Crippen LogP contribution < -0.4 is 5.73 Å². The van der Waals surface area contributed by atoms with Gasteiger partial charge in [-0.2, -0.15) is 11.3 Å². The Bertz CT molecular complexity index is 445. The predicted molar refractivity (Wildman–Crippen MR) is 75.2 cm³/mol. The molecular formula is C15H19NS. The minimum absolute atomic E-state index is 0.0719. The molecule has 1 unspecified atom stereocenters. The number of hydrogen-bond acceptors (Lipinski definition) is 2. The summed E-state index contributed by atoms with van der Waals surface area (Å²) in [6.07, 6.45) is 1.02. The van der Waals surface area contributed by atoms with E-state index in [2.05, 4.69) is 54.9 Å². The van der Waals surface area contributed by atoms with Crippen LogP contribution in [0.15, 0.2) is 47.2 Å². The average Bonchev–Trinajstić information content (AvgIpc) is 2.81. The van der Waals surface area contributed by atoms with E-state index < -0.39 is 0 Å². The molecule has 2 heteroatoms. The van der Waals surface area contributed by atoms with Crippen molar-refractivity contribution in [1.29, 1.82) is 0 Å². The van der Waals surface area contributed by atoms with Crippen molar-refractivity contribution in [1.82, 2.24) is 0 Å². The summed E-state index contributed by atoms with van der Waals surface area (Å²) < 4.78 is 0. The van der Waals surface area contributed by atoms with Gasteiger partial charge < -0.3 is 5.73 Å². The third-order valence-corrected chi connectivity index (χ3v) is 3.97. The van der Waals surface area contributed by atoms with E-state index in [1.54, 1.807) is 11.3 Å². The molecular weight excluding hydrogens is 226 g/mol. The first kappa shape index (κ1) is 12.3. The van der Waals surface area contributed by atoms with Crippen LogP contribution in [0.25, 0.3) is 0 Å². The quantitative estimate of drug-likeness (QED) is 0.865. The minimum Gasteiger partial charge on any atom is -0.323 e. The second-order valence-corrected chi connectivity index (χ2v) is 5.97. The summed E-state index contributed by atoms with van der Waals surface area (Å²) in [6, 6.07) is 12.6. The van der Waals surface area contributed by atoms with Crippen LogP contribution in [0.1, 0.15) is 31.0 Å². The number of benzene rings is 1. The van der Waals surface area contributed by atoms with Crippen LogP contribution in [0.5, 0.6) is 0 Å². The molecule has 0 bridgehead atoms. The van der Waals surface area contributed by atoms with Crippen molar-refractivity contribution in [2.24, 2.45) is 11.1 Å². The zero-order valence-corrected chi connectivity index (χ0v) is 11.2. The van der Waals surface area contributed by atoms with Crippen LogP contribution in [0.4, 0.5) is 0 Å². The lowest BCUT2D eigenvalue weighted by molar-refractivity contribution is 0.288. The van der Waals surface area contributed by atoms with Gasteiger partial charge >= 0.3 is 0 Å². The molecule has 0 saturated carbocycles.